The van der Waals surface area contributed by atoms with E-state index in [1.54, 1.807) is 7.11 Å². The molecule has 1 aromatic carbocycles. The molecule has 0 unspecified atom stereocenters. The molecule has 1 aliphatic heterocycles. The summed E-state index contributed by atoms with van der Waals surface area (Å²) in [6.07, 6.45) is 0. The Kier molecular flexibility index (Phi) is 3.87. The van der Waals surface area contributed by atoms with Gasteiger partial charge in [0.1, 0.15) is 19.0 Å². The van der Waals surface area contributed by atoms with Crippen LogP contribution in [0.25, 0.3) is 0 Å². The molecule has 98 valence electrons. The molecule has 0 fully saturated rings. The lowest BCUT2D eigenvalue weighted by molar-refractivity contribution is 0.146. The van der Waals surface area contributed by atoms with Crippen LogP contribution in [0.5, 0.6) is 5.75 Å². The second-order valence-corrected chi connectivity index (χ2v) is 4.89. The van der Waals surface area contributed by atoms with Gasteiger partial charge >= 0.3 is 0 Å². The molecule has 4 nitrogen and oxygen atoms in total. The Hall–Kier alpha value is -1.55. The molecule has 1 heterocycles. The maximum atomic E-state index is 5.60. The van der Waals surface area contributed by atoms with Gasteiger partial charge < -0.3 is 14.2 Å². The van der Waals surface area contributed by atoms with Crippen molar-refractivity contribution in [3.05, 3.63) is 29.8 Å². The van der Waals surface area contributed by atoms with Gasteiger partial charge in [-0.15, -0.1) is 0 Å². The largest absolute Gasteiger partial charge is 0.491 e. The SMILES string of the molecule is COCCOc1cccc(C2=NC(C)(C)CO2)c1. The molecule has 2 rings (SSSR count). The molecule has 0 radical (unpaired) electrons. The summed E-state index contributed by atoms with van der Waals surface area (Å²) in [5.74, 6) is 1.50. The molecule has 0 saturated carbocycles. The lowest BCUT2D eigenvalue weighted by atomic mass is 10.1. The lowest BCUT2D eigenvalue weighted by Gasteiger charge is -2.07. The third-order valence-electron chi connectivity index (χ3n) is 2.60. The zero-order valence-electron chi connectivity index (χ0n) is 11.1. The van der Waals surface area contributed by atoms with Crippen LogP contribution in [-0.4, -0.2) is 38.4 Å². The van der Waals surface area contributed by atoms with Gasteiger partial charge in [-0.25, -0.2) is 4.99 Å². The Morgan fingerprint density at radius 1 is 1.33 bits per heavy atom. The zero-order valence-corrected chi connectivity index (χ0v) is 11.1. The minimum atomic E-state index is -0.137. The van der Waals surface area contributed by atoms with Gasteiger partial charge in [0.15, 0.2) is 0 Å². The number of ether oxygens (including phenoxy) is 3. The van der Waals surface area contributed by atoms with Crippen LogP contribution in [0.15, 0.2) is 29.3 Å². The Balaban J connectivity index is 2.08. The van der Waals surface area contributed by atoms with Crippen molar-refractivity contribution in [2.75, 3.05) is 26.9 Å². The number of rotatable bonds is 5. The summed E-state index contributed by atoms with van der Waals surface area (Å²) in [5, 5.41) is 0. The highest BCUT2D eigenvalue weighted by molar-refractivity contribution is 5.95. The molecule has 1 aliphatic rings. The van der Waals surface area contributed by atoms with E-state index in [1.165, 1.54) is 0 Å². The second-order valence-electron chi connectivity index (χ2n) is 4.89. The molecule has 1 aromatic rings. The van der Waals surface area contributed by atoms with Gasteiger partial charge in [-0.1, -0.05) is 6.07 Å². The van der Waals surface area contributed by atoms with Gasteiger partial charge in [-0.05, 0) is 32.0 Å². The van der Waals surface area contributed by atoms with Crippen LogP contribution in [0, 0.1) is 0 Å². The van der Waals surface area contributed by atoms with Gasteiger partial charge in [0.2, 0.25) is 5.90 Å². The van der Waals surface area contributed by atoms with E-state index in [9.17, 15) is 0 Å². The maximum absolute atomic E-state index is 5.60. The minimum Gasteiger partial charge on any atom is -0.491 e. The average Bonchev–Trinajstić information content (AvgIpc) is 2.71. The van der Waals surface area contributed by atoms with Crippen LogP contribution >= 0.6 is 0 Å². The molecule has 0 saturated heterocycles. The quantitative estimate of drug-likeness (QED) is 0.751. The predicted molar refractivity (Wildman–Crippen MR) is 70.4 cm³/mol. The highest BCUT2D eigenvalue weighted by Gasteiger charge is 2.27. The van der Waals surface area contributed by atoms with Gasteiger partial charge in [0.05, 0.1) is 12.1 Å². The van der Waals surface area contributed by atoms with Gasteiger partial charge in [0.25, 0.3) is 0 Å². The Labute approximate surface area is 108 Å². The van der Waals surface area contributed by atoms with Crippen LogP contribution in [0.2, 0.25) is 0 Å². The highest BCUT2D eigenvalue weighted by atomic mass is 16.5. The summed E-state index contributed by atoms with van der Waals surface area (Å²) in [4.78, 5) is 4.54. The van der Waals surface area contributed by atoms with Crippen LogP contribution in [0.4, 0.5) is 0 Å². The molecule has 0 spiro atoms. The molecular weight excluding hydrogens is 230 g/mol. The topological polar surface area (TPSA) is 40.0 Å². The number of benzene rings is 1. The molecule has 0 bridgehead atoms. The Morgan fingerprint density at radius 3 is 2.83 bits per heavy atom. The monoisotopic (exact) mass is 249 g/mol. The number of hydrogen-bond acceptors (Lipinski definition) is 4. The third kappa shape index (κ3) is 3.23. The summed E-state index contributed by atoms with van der Waals surface area (Å²) >= 11 is 0. The minimum absolute atomic E-state index is 0.137. The summed E-state index contributed by atoms with van der Waals surface area (Å²) in [5.41, 5.74) is 0.817. The van der Waals surface area contributed by atoms with E-state index in [1.807, 2.05) is 24.3 Å². The normalized spacial score (nSPS) is 17.2. The van der Waals surface area contributed by atoms with Gasteiger partial charge in [0, 0.05) is 12.7 Å². The zero-order chi connectivity index (χ0) is 13.0. The molecule has 0 N–H and O–H groups in total. The number of methoxy groups -OCH3 is 1. The average molecular weight is 249 g/mol. The Bertz CT molecular complexity index is 440. The van der Waals surface area contributed by atoms with Crippen molar-refractivity contribution in [1.29, 1.82) is 0 Å². The van der Waals surface area contributed by atoms with Crippen LogP contribution in [0.3, 0.4) is 0 Å². The molecule has 0 aliphatic carbocycles. The van der Waals surface area contributed by atoms with E-state index in [-0.39, 0.29) is 5.54 Å². The second kappa shape index (κ2) is 5.40. The fraction of sp³-hybridized carbons (Fsp3) is 0.500. The summed E-state index contributed by atoms with van der Waals surface area (Å²) < 4.78 is 16.1. The molecular formula is C14H19NO3. The first kappa shape index (κ1) is 12.9. The fourth-order valence-electron chi connectivity index (χ4n) is 1.69. The molecule has 0 aromatic heterocycles. The van der Waals surface area contributed by atoms with Crippen LogP contribution in [-0.2, 0) is 9.47 Å². The maximum Gasteiger partial charge on any atom is 0.216 e. The first-order valence-corrected chi connectivity index (χ1v) is 6.05. The van der Waals surface area contributed by atoms with Crippen molar-refractivity contribution < 1.29 is 14.2 Å². The van der Waals surface area contributed by atoms with E-state index in [0.29, 0.717) is 25.7 Å². The first-order valence-electron chi connectivity index (χ1n) is 6.05. The lowest BCUT2D eigenvalue weighted by Crippen LogP contribution is -2.17. The van der Waals surface area contributed by atoms with Crippen molar-refractivity contribution >= 4 is 5.90 Å². The molecule has 18 heavy (non-hydrogen) atoms. The van der Waals surface area contributed by atoms with Gasteiger partial charge in [-0.2, -0.15) is 0 Å². The van der Waals surface area contributed by atoms with Crippen LogP contribution in [0.1, 0.15) is 19.4 Å². The van der Waals surface area contributed by atoms with Crippen molar-refractivity contribution in [2.24, 2.45) is 4.99 Å². The van der Waals surface area contributed by atoms with E-state index >= 15 is 0 Å². The summed E-state index contributed by atoms with van der Waals surface area (Å²) in [6, 6.07) is 7.77. The van der Waals surface area contributed by atoms with Crippen molar-refractivity contribution in [2.45, 2.75) is 19.4 Å². The number of aliphatic imine (C=N–C) groups is 1. The summed E-state index contributed by atoms with van der Waals surface area (Å²) in [7, 11) is 1.66. The van der Waals surface area contributed by atoms with Crippen molar-refractivity contribution in [1.82, 2.24) is 0 Å². The molecule has 4 heteroatoms. The van der Waals surface area contributed by atoms with E-state index in [0.717, 1.165) is 11.3 Å². The first-order chi connectivity index (χ1) is 8.61. The predicted octanol–water partition coefficient (Wildman–Crippen LogP) is 2.27. The van der Waals surface area contributed by atoms with E-state index < -0.39 is 0 Å². The van der Waals surface area contributed by atoms with Crippen molar-refractivity contribution in [3.63, 3.8) is 0 Å². The smallest absolute Gasteiger partial charge is 0.216 e. The number of hydrogen-bond donors (Lipinski definition) is 0. The standard InChI is InChI=1S/C14H19NO3/c1-14(2)10-18-13(15-14)11-5-4-6-12(9-11)17-8-7-16-3/h4-6,9H,7-8,10H2,1-3H3. The van der Waals surface area contributed by atoms with Crippen molar-refractivity contribution in [3.8, 4) is 5.75 Å². The van der Waals surface area contributed by atoms with E-state index in [4.69, 9.17) is 14.2 Å². The molecule has 0 atom stereocenters. The summed E-state index contributed by atoms with van der Waals surface area (Å²) in [6.45, 7) is 5.85. The Morgan fingerprint density at radius 2 is 2.17 bits per heavy atom. The molecule has 0 amide bonds. The van der Waals surface area contributed by atoms with E-state index in [2.05, 4.69) is 18.8 Å². The third-order valence-corrected chi connectivity index (χ3v) is 2.60. The van der Waals surface area contributed by atoms with Crippen LogP contribution < -0.4 is 4.74 Å². The highest BCUT2D eigenvalue weighted by Crippen LogP contribution is 2.22. The fourth-order valence-corrected chi connectivity index (χ4v) is 1.69. The van der Waals surface area contributed by atoms with Gasteiger partial charge in [-0.3, -0.25) is 0 Å². The number of nitrogens with zero attached hydrogens (tertiary/aromatic N) is 1.